The van der Waals surface area contributed by atoms with E-state index in [1.165, 1.54) is 25.3 Å². The number of carboxylic acid groups (broad SMARTS) is 1. The van der Waals surface area contributed by atoms with Gasteiger partial charge in [-0.2, -0.15) is 0 Å². The Labute approximate surface area is 101 Å². The lowest BCUT2D eigenvalue weighted by molar-refractivity contribution is 0.0698. The number of nitrogens with one attached hydrogen (secondary N) is 1. The Morgan fingerprint density at radius 1 is 1.53 bits per heavy atom. The van der Waals surface area contributed by atoms with Gasteiger partial charge in [0.25, 0.3) is 0 Å². The maximum absolute atomic E-state index is 11.1. The summed E-state index contributed by atoms with van der Waals surface area (Å²) in [4.78, 5) is 11.1. The van der Waals surface area contributed by atoms with Crippen LogP contribution in [0.15, 0.2) is 18.2 Å². The molecule has 4 N–H and O–H groups in total. The number of hydrogen-bond donors (Lipinski definition) is 3. The van der Waals surface area contributed by atoms with Gasteiger partial charge in [-0.05, 0) is 43.9 Å². The predicted octanol–water partition coefficient (Wildman–Crippen LogP) is 2.57. The van der Waals surface area contributed by atoms with Gasteiger partial charge in [0, 0.05) is 17.4 Å². The van der Waals surface area contributed by atoms with Crippen LogP contribution in [0.25, 0.3) is 0 Å². The lowest BCUT2D eigenvalue weighted by atomic mass is 9.80. The standard InChI is InChI=1S/C13H18N2O2/c1-8(9-3-2-4-9)15-12-6-5-10(14)7-11(12)13(16)17/h5-9,15H,2-4,14H2,1H3,(H,16,17). The van der Waals surface area contributed by atoms with Gasteiger partial charge in [-0.3, -0.25) is 0 Å². The topological polar surface area (TPSA) is 75.3 Å². The Morgan fingerprint density at radius 2 is 2.24 bits per heavy atom. The number of carbonyl (C=O) groups is 1. The molecule has 1 unspecified atom stereocenters. The average molecular weight is 234 g/mol. The van der Waals surface area contributed by atoms with Crippen LogP contribution in [0.4, 0.5) is 11.4 Å². The number of aromatic carboxylic acids is 1. The van der Waals surface area contributed by atoms with E-state index in [1.54, 1.807) is 12.1 Å². The monoisotopic (exact) mass is 234 g/mol. The molecule has 0 aromatic heterocycles. The third-order valence-corrected chi connectivity index (χ3v) is 3.51. The molecule has 1 aromatic carbocycles. The highest BCUT2D eigenvalue weighted by atomic mass is 16.4. The van der Waals surface area contributed by atoms with Gasteiger partial charge >= 0.3 is 5.97 Å². The number of benzene rings is 1. The molecule has 0 radical (unpaired) electrons. The summed E-state index contributed by atoms with van der Waals surface area (Å²) in [6.45, 7) is 2.10. The van der Waals surface area contributed by atoms with E-state index >= 15 is 0 Å². The number of carboxylic acids is 1. The van der Waals surface area contributed by atoms with E-state index in [2.05, 4.69) is 12.2 Å². The molecule has 0 amide bonds. The number of anilines is 2. The van der Waals surface area contributed by atoms with Crippen molar-refractivity contribution >= 4 is 17.3 Å². The summed E-state index contributed by atoms with van der Waals surface area (Å²) >= 11 is 0. The number of rotatable bonds is 4. The Kier molecular flexibility index (Phi) is 3.22. The van der Waals surface area contributed by atoms with Crippen molar-refractivity contribution in [3.05, 3.63) is 23.8 Å². The maximum atomic E-state index is 11.1. The van der Waals surface area contributed by atoms with Crippen LogP contribution in [-0.4, -0.2) is 17.1 Å². The number of hydrogen-bond acceptors (Lipinski definition) is 3. The first-order valence-electron chi connectivity index (χ1n) is 5.97. The summed E-state index contributed by atoms with van der Waals surface area (Å²) < 4.78 is 0. The summed E-state index contributed by atoms with van der Waals surface area (Å²) in [6, 6.07) is 5.28. The quantitative estimate of drug-likeness (QED) is 0.700. The normalized spacial score (nSPS) is 17.2. The molecular formula is C13H18N2O2. The van der Waals surface area contributed by atoms with Gasteiger partial charge in [0.1, 0.15) is 0 Å². The van der Waals surface area contributed by atoms with E-state index in [-0.39, 0.29) is 5.56 Å². The second-order valence-electron chi connectivity index (χ2n) is 4.73. The maximum Gasteiger partial charge on any atom is 0.337 e. The predicted molar refractivity (Wildman–Crippen MR) is 68.2 cm³/mol. The van der Waals surface area contributed by atoms with E-state index in [0.717, 1.165) is 0 Å². The average Bonchev–Trinajstić information content (AvgIpc) is 2.17. The Hall–Kier alpha value is -1.71. The van der Waals surface area contributed by atoms with Gasteiger partial charge in [0.05, 0.1) is 5.56 Å². The highest BCUT2D eigenvalue weighted by molar-refractivity contribution is 5.95. The molecule has 0 saturated heterocycles. The first-order valence-corrected chi connectivity index (χ1v) is 5.97. The Balaban J connectivity index is 2.16. The van der Waals surface area contributed by atoms with Gasteiger partial charge in [-0.25, -0.2) is 4.79 Å². The minimum atomic E-state index is -0.944. The second-order valence-corrected chi connectivity index (χ2v) is 4.73. The fraction of sp³-hybridized carbons (Fsp3) is 0.462. The minimum Gasteiger partial charge on any atom is -0.478 e. The molecule has 1 atom stereocenters. The first kappa shape index (κ1) is 11.8. The first-order chi connectivity index (χ1) is 8.08. The van der Waals surface area contributed by atoms with Gasteiger partial charge < -0.3 is 16.2 Å². The summed E-state index contributed by atoms with van der Waals surface area (Å²) in [5.74, 6) is -0.283. The molecular weight excluding hydrogens is 216 g/mol. The molecule has 0 bridgehead atoms. The van der Waals surface area contributed by atoms with Crippen molar-refractivity contribution in [2.45, 2.75) is 32.2 Å². The number of nitrogen functional groups attached to an aromatic ring is 1. The molecule has 92 valence electrons. The van der Waals surface area contributed by atoms with E-state index in [9.17, 15) is 4.79 Å². The Bertz CT molecular complexity index is 427. The van der Waals surface area contributed by atoms with Crippen molar-refractivity contribution < 1.29 is 9.90 Å². The number of nitrogens with two attached hydrogens (primary N) is 1. The van der Waals surface area contributed by atoms with Crippen LogP contribution >= 0.6 is 0 Å². The minimum absolute atomic E-state index is 0.246. The van der Waals surface area contributed by atoms with E-state index < -0.39 is 5.97 Å². The van der Waals surface area contributed by atoms with Gasteiger partial charge in [-0.1, -0.05) is 6.42 Å². The molecule has 0 aliphatic heterocycles. The lowest BCUT2D eigenvalue weighted by Gasteiger charge is -2.32. The Morgan fingerprint density at radius 3 is 2.76 bits per heavy atom. The van der Waals surface area contributed by atoms with E-state index in [0.29, 0.717) is 23.3 Å². The summed E-state index contributed by atoms with van der Waals surface area (Å²) in [5.41, 5.74) is 6.98. The van der Waals surface area contributed by atoms with Crippen LogP contribution in [0.1, 0.15) is 36.5 Å². The summed E-state index contributed by atoms with van der Waals surface area (Å²) in [5, 5.41) is 12.4. The summed E-state index contributed by atoms with van der Waals surface area (Å²) in [7, 11) is 0. The van der Waals surface area contributed by atoms with Crippen molar-refractivity contribution in [2.75, 3.05) is 11.1 Å². The van der Waals surface area contributed by atoms with Crippen molar-refractivity contribution in [3.8, 4) is 0 Å². The molecule has 2 rings (SSSR count). The second kappa shape index (κ2) is 4.65. The highest BCUT2D eigenvalue weighted by Crippen LogP contribution is 2.31. The van der Waals surface area contributed by atoms with E-state index in [4.69, 9.17) is 10.8 Å². The smallest absolute Gasteiger partial charge is 0.337 e. The van der Waals surface area contributed by atoms with Gasteiger partial charge in [-0.15, -0.1) is 0 Å². The molecule has 4 nitrogen and oxygen atoms in total. The molecule has 1 aliphatic rings. The van der Waals surface area contributed by atoms with Crippen molar-refractivity contribution in [2.24, 2.45) is 5.92 Å². The lowest BCUT2D eigenvalue weighted by Crippen LogP contribution is -2.31. The van der Waals surface area contributed by atoms with Crippen LogP contribution in [0.5, 0.6) is 0 Å². The van der Waals surface area contributed by atoms with Crippen LogP contribution in [0.2, 0.25) is 0 Å². The molecule has 17 heavy (non-hydrogen) atoms. The zero-order valence-corrected chi connectivity index (χ0v) is 9.94. The van der Waals surface area contributed by atoms with E-state index in [1.807, 2.05) is 0 Å². The zero-order chi connectivity index (χ0) is 12.4. The molecule has 1 aromatic rings. The molecule has 0 spiro atoms. The van der Waals surface area contributed by atoms with Crippen molar-refractivity contribution in [1.29, 1.82) is 0 Å². The van der Waals surface area contributed by atoms with Gasteiger partial charge in [0.15, 0.2) is 0 Å². The SMILES string of the molecule is CC(Nc1ccc(N)cc1C(=O)O)C1CCC1. The van der Waals surface area contributed by atoms with Crippen LogP contribution < -0.4 is 11.1 Å². The van der Waals surface area contributed by atoms with Crippen molar-refractivity contribution in [3.63, 3.8) is 0 Å². The largest absolute Gasteiger partial charge is 0.478 e. The third kappa shape index (κ3) is 2.52. The highest BCUT2D eigenvalue weighted by Gasteiger charge is 2.24. The fourth-order valence-electron chi connectivity index (χ4n) is 2.17. The van der Waals surface area contributed by atoms with Gasteiger partial charge in [0.2, 0.25) is 0 Å². The zero-order valence-electron chi connectivity index (χ0n) is 9.94. The van der Waals surface area contributed by atoms with Crippen LogP contribution in [0, 0.1) is 5.92 Å². The molecule has 1 saturated carbocycles. The molecule has 0 heterocycles. The third-order valence-electron chi connectivity index (χ3n) is 3.51. The fourth-order valence-corrected chi connectivity index (χ4v) is 2.17. The summed E-state index contributed by atoms with van der Waals surface area (Å²) in [6.07, 6.45) is 3.74. The molecule has 4 heteroatoms. The molecule has 1 fully saturated rings. The van der Waals surface area contributed by atoms with Crippen LogP contribution in [-0.2, 0) is 0 Å². The molecule has 1 aliphatic carbocycles. The van der Waals surface area contributed by atoms with Crippen LogP contribution in [0.3, 0.4) is 0 Å². The van der Waals surface area contributed by atoms with Crippen molar-refractivity contribution in [1.82, 2.24) is 0 Å².